The van der Waals surface area contributed by atoms with E-state index in [0.717, 1.165) is 5.75 Å². The summed E-state index contributed by atoms with van der Waals surface area (Å²) < 4.78 is 17.2. The van der Waals surface area contributed by atoms with Gasteiger partial charge in [-0.1, -0.05) is 50.2 Å². The van der Waals surface area contributed by atoms with Crippen molar-refractivity contribution in [3.63, 3.8) is 0 Å². The van der Waals surface area contributed by atoms with Crippen molar-refractivity contribution in [2.75, 3.05) is 25.1 Å². The zero-order valence-electron chi connectivity index (χ0n) is 18.7. The fourth-order valence-corrected chi connectivity index (χ4v) is 3.05. The number of carbonyl (C=O) groups excluding carboxylic acids is 1. The first-order chi connectivity index (χ1) is 16.0. The Bertz CT molecular complexity index is 1060. The summed E-state index contributed by atoms with van der Waals surface area (Å²) >= 11 is 5.33. The van der Waals surface area contributed by atoms with Crippen LogP contribution in [0.3, 0.4) is 0 Å². The highest BCUT2D eigenvalue weighted by molar-refractivity contribution is 7.80. The molecule has 3 aromatic carbocycles. The van der Waals surface area contributed by atoms with E-state index >= 15 is 0 Å². The number of anilines is 1. The Kier molecular flexibility index (Phi) is 9.08. The lowest BCUT2D eigenvalue weighted by atomic mass is 10.2. The van der Waals surface area contributed by atoms with Crippen molar-refractivity contribution in [3.8, 4) is 17.2 Å². The molecule has 7 heteroatoms. The summed E-state index contributed by atoms with van der Waals surface area (Å²) in [4.78, 5) is 12.6. The third-order valence-corrected chi connectivity index (χ3v) is 4.60. The molecule has 0 fully saturated rings. The molecular weight excluding hydrogens is 436 g/mol. The van der Waals surface area contributed by atoms with E-state index in [4.69, 9.17) is 26.4 Å². The van der Waals surface area contributed by atoms with Gasteiger partial charge in [-0.3, -0.25) is 10.1 Å². The average molecular weight is 465 g/mol. The largest absolute Gasteiger partial charge is 0.493 e. The monoisotopic (exact) mass is 464 g/mol. The zero-order valence-corrected chi connectivity index (χ0v) is 19.6. The second kappa shape index (κ2) is 12.5. The van der Waals surface area contributed by atoms with E-state index in [9.17, 15) is 4.79 Å². The van der Waals surface area contributed by atoms with Crippen molar-refractivity contribution in [2.45, 2.75) is 13.8 Å². The van der Waals surface area contributed by atoms with Crippen LogP contribution >= 0.6 is 12.2 Å². The summed E-state index contributed by atoms with van der Waals surface area (Å²) in [5.41, 5.74) is 1.11. The van der Waals surface area contributed by atoms with Crippen molar-refractivity contribution in [1.29, 1.82) is 0 Å². The third kappa shape index (κ3) is 8.12. The summed E-state index contributed by atoms with van der Waals surface area (Å²) in [5, 5.41) is 5.90. The van der Waals surface area contributed by atoms with Crippen molar-refractivity contribution in [2.24, 2.45) is 5.92 Å². The molecule has 0 aliphatic carbocycles. The predicted octanol–water partition coefficient (Wildman–Crippen LogP) is 5.31. The molecule has 0 spiro atoms. The molecule has 3 aromatic rings. The molecule has 6 nitrogen and oxygen atoms in total. The fraction of sp³-hybridized carbons (Fsp3) is 0.231. The Morgan fingerprint density at radius 3 is 2.33 bits per heavy atom. The molecule has 0 aromatic heterocycles. The average Bonchev–Trinajstić information content (AvgIpc) is 2.82. The van der Waals surface area contributed by atoms with Gasteiger partial charge in [-0.2, -0.15) is 0 Å². The lowest BCUT2D eigenvalue weighted by molar-refractivity contribution is 0.0977. The van der Waals surface area contributed by atoms with Gasteiger partial charge in [-0.15, -0.1) is 0 Å². The van der Waals surface area contributed by atoms with E-state index in [1.807, 2.05) is 60.7 Å². The van der Waals surface area contributed by atoms with Crippen LogP contribution in [-0.4, -0.2) is 30.8 Å². The molecule has 172 valence electrons. The first-order valence-electron chi connectivity index (χ1n) is 10.8. The number of para-hydroxylation sites is 3. The highest BCUT2D eigenvalue weighted by Crippen LogP contribution is 2.24. The van der Waals surface area contributed by atoms with Gasteiger partial charge in [0.05, 0.1) is 12.3 Å². The molecular formula is C26H28N2O4S. The van der Waals surface area contributed by atoms with Crippen LogP contribution in [0, 0.1) is 5.92 Å². The van der Waals surface area contributed by atoms with Gasteiger partial charge in [0.2, 0.25) is 0 Å². The van der Waals surface area contributed by atoms with E-state index in [-0.39, 0.29) is 11.0 Å². The highest BCUT2D eigenvalue weighted by atomic mass is 32.1. The Morgan fingerprint density at radius 1 is 0.848 bits per heavy atom. The lowest BCUT2D eigenvalue weighted by Crippen LogP contribution is -2.34. The van der Waals surface area contributed by atoms with Gasteiger partial charge < -0.3 is 19.5 Å². The lowest BCUT2D eigenvalue weighted by Gasteiger charge is -2.15. The Balaban J connectivity index is 1.52. The quantitative estimate of drug-likeness (QED) is 0.313. The normalized spacial score (nSPS) is 10.4. The summed E-state index contributed by atoms with van der Waals surface area (Å²) in [6, 6.07) is 23.9. The summed E-state index contributed by atoms with van der Waals surface area (Å²) in [6.07, 6.45) is 0. The van der Waals surface area contributed by atoms with Gasteiger partial charge in [0.1, 0.15) is 30.5 Å². The van der Waals surface area contributed by atoms with Gasteiger partial charge in [0, 0.05) is 5.56 Å². The van der Waals surface area contributed by atoms with Gasteiger partial charge >= 0.3 is 0 Å². The molecule has 0 bridgehead atoms. The van der Waals surface area contributed by atoms with Crippen molar-refractivity contribution >= 4 is 28.9 Å². The first kappa shape index (κ1) is 24.1. The fourth-order valence-electron chi connectivity index (χ4n) is 2.84. The van der Waals surface area contributed by atoms with Crippen LogP contribution in [0.4, 0.5) is 5.69 Å². The van der Waals surface area contributed by atoms with E-state index in [1.165, 1.54) is 0 Å². The Morgan fingerprint density at radius 2 is 1.55 bits per heavy atom. The molecule has 0 heterocycles. The van der Waals surface area contributed by atoms with E-state index < -0.39 is 0 Å². The minimum Gasteiger partial charge on any atom is -0.493 e. The molecule has 0 aliphatic rings. The zero-order chi connectivity index (χ0) is 23.5. The number of nitrogens with one attached hydrogen (secondary N) is 2. The van der Waals surface area contributed by atoms with Crippen LogP contribution in [0.1, 0.15) is 24.2 Å². The van der Waals surface area contributed by atoms with Crippen LogP contribution in [0.5, 0.6) is 17.2 Å². The molecule has 3 rings (SSSR count). The molecule has 2 N–H and O–H groups in total. The standard InChI is InChI=1S/C26H28N2O4S/c1-19(2)18-32-22-12-8-9-20(17-22)25(29)28-26(33)27-23-13-6-7-14-24(23)31-16-15-30-21-10-4-3-5-11-21/h3-14,17,19H,15-16,18H2,1-2H3,(H2,27,28,29,33). The number of benzene rings is 3. The molecule has 0 radical (unpaired) electrons. The van der Waals surface area contributed by atoms with Crippen LogP contribution in [-0.2, 0) is 0 Å². The number of ether oxygens (including phenoxy) is 3. The molecule has 0 atom stereocenters. The predicted molar refractivity (Wildman–Crippen MR) is 134 cm³/mol. The molecule has 33 heavy (non-hydrogen) atoms. The smallest absolute Gasteiger partial charge is 0.257 e. The second-order valence-corrected chi connectivity index (χ2v) is 8.06. The maximum Gasteiger partial charge on any atom is 0.257 e. The minimum absolute atomic E-state index is 0.171. The second-order valence-electron chi connectivity index (χ2n) is 7.65. The van der Waals surface area contributed by atoms with Crippen molar-refractivity contribution in [3.05, 3.63) is 84.4 Å². The van der Waals surface area contributed by atoms with E-state index in [0.29, 0.717) is 48.5 Å². The van der Waals surface area contributed by atoms with Crippen molar-refractivity contribution < 1.29 is 19.0 Å². The summed E-state index contributed by atoms with van der Waals surface area (Å²) in [6.45, 7) is 5.47. The summed E-state index contributed by atoms with van der Waals surface area (Å²) in [5.74, 6) is 2.11. The highest BCUT2D eigenvalue weighted by Gasteiger charge is 2.11. The van der Waals surface area contributed by atoms with Crippen LogP contribution in [0.15, 0.2) is 78.9 Å². The molecule has 1 amide bonds. The molecule has 0 saturated heterocycles. The van der Waals surface area contributed by atoms with Crippen LogP contribution in [0.25, 0.3) is 0 Å². The van der Waals surface area contributed by atoms with Crippen LogP contribution in [0.2, 0.25) is 0 Å². The maximum absolute atomic E-state index is 12.6. The SMILES string of the molecule is CC(C)COc1cccc(C(=O)NC(=S)Nc2ccccc2OCCOc2ccccc2)c1. The Hall–Kier alpha value is -3.58. The van der Waals surface area contributed by atoms with E-state index in [1.54, 1.807) is 18.2 Å². The summed E-state index contributed by atoms with van der Waals surface area (Å²) in [7, 11) is 0. The van der Waals surface area contributed by atoms with Gasteiger partial charge in [0.25, 0.3) is 5.91 Å². The van der Waals surface area contributed by atoms with Gasteiger partial charge in [0.15, 0.2) is 5.11 Å². The number of hydrogen-bond acceptors (Lipinski definition) is 5. The minimum atomic E-state index is -0.322. The van der Waals surface area contributed by atoms with Gasteiger partial charge in [-0.25, -0.2) is 0 Å². The molecule has 0 saturated carbocycles. The maximum atomic E-state index is 12.6. The topological polar surface area (TPSA) is 68.8 Å². The third-order valence-electron chi connectivity index (χ3n) is 4.39. The molecule has 0 aliphatic heterocycles. The number of carbonyl (C=O) groups is 1. The number of amides is 1. The number of thiocarbonyl (C=S) groups is 1. The number of rotatable bonds is 10. The first-order valence-corrected chi connectivity index (χ1v) is 11.2. The van der Waals surface area contributed by atoms with E-state index in [2.05, 4.69) is 24.5 Å². The molecule has 0 unspecified atom stereocenters. The van der Waals surface area contributed by atoms with Gasteiger partial charge in [-0.05, 0) is 60.6 Å². The van der Waals surface area contributed by atoms with Crippen LogP contribution < -0.4 is 24.8 Å². The Labute approximate surface area is 199 Å². The number of hydrogen-bond donors (Lipinski definition) is 2. The van der Waals surface area contributed by atoms with Crippen molar-refractivity contribution in [1.82, 2.24) is 5.32 Å².